The quantitative estimate of drug-likeness (QED) is 0.0779. The van der Waals surface area contributed by atoms with Gasteiger partial charge in [-0.15, -0.1) is 0 Å². The first-order chi connectivity index (χ1) is 35.5. The van der Waals surface area contributed by atoms with E-state index >= 15 is 0 Å². The van der Waals surface area contributed by atoms with Crippen LogP contribution >= 0.6 is 0 Å². The molecule has 0 spiro atoms. The molecule has 75 heavy (non-hydrogen) atoms. The average molecular weight is 1070 g/mol. The van der Waals surface area contributed by atoms with E-state index in [1.807, 2.05) is 9.80 Å². The second-order valence-corrected chi connectivity index (χ2v) is 20.0. The van der Waals surface area contributed by atoms with Crippen molar-refractivity contribution >= 4 is 57.3 Å². The van der Waals surface area contributed by atoms with Crippen molar-refractivity contribution in [3.8, 4) is 5.75 Å². The summed E-state index contributed by atoms with van der Waals surface area (Å²) < 4.78 is 36.6. The van der Waals surface area contributed by atoms with Gasteiger partial charge in [0.2, 0.25) is 0 Å². The lowest BCUT2D eigenvalue weighted by Gasteiger charge is -2.33. The SMILES string of the molecule is O=C(O)CN1CCN(CC(=O)O)CCN(CC2=C/C(=C(\c3ccc(O)c(CN4CCN(CC(=O)O)CCN(CC(=O)O)CCN(CC(=O)O)CC4)c3)c3ccccc3S(=O)(=O)O)C=CC2=O)CCN(CC(=O)O)CC1. The molecule has 2 saturated heterocycles. The smallest absolute Gasteiger partial charge is 0.317 e. The number of hydrogen-bond donors (Lipinski definition) is 8. The first kappa shape index (κ1) is 59.4. The van der Waals surface area contributed by atoms with Gasteiger partial charge in [-0.1, -0.05) is 30.3 Å². The van der Waals surface area contributed by atoms with E-state index in [9.17, 15) is 82.3 Å². The summed E-state index contributed by atoms with van der Waals surface area (Å²) in [5.41, 5.74) is 1.48. The Morgan fingerprint density at radius 2 is 0.813 bits per heavy atom. The number of aliphatic carboxylic acids is 6. The number of benzene rings is 2. The zero-order valence-electron chi connectivity index (χ0n) is 41.5. The summed E-state index contributed by atoms with van der Waals surface area (Å²) >= 11 is 0. The van der Waals surface area contributed by atoms with Gasteiger partial charge in [0.1, 0.15) is 10.6 Å². The van der Waals surface area contributed by atoms with Crippen LogP contribution in [0.5, 0.6) is 5.75 Å². The van der Waals surface area contributed by atoms with Crippen molar-refractivity contribution in [3.05, 3.63) is 88.5 Å². The Morgan fingerprint density at radius 3 is 1.17 bits per heavy atom. The molecule has 410 valence electrons. The maximum absolute atomic E-state index is 13.8. The maximum Gasteiger partial charge on any atom is 0.317 e. The van der Waals surface area contributed by atoms with Crippen molar-refractivity contribution in [2.45, 2.75) is 11.4 Å². The summed E-state index contributed by atoms with van der Waals surface area (Å²) in [6.45, 7) is 0.906. The van der Waals surface area contributed by atoms with E-state index in [1.54, 1.807) is 47.6 Å². The lowest BCUT2D eigenvalue weighted by molar-refractivity contribution is -0.140. The summed E-state index contributed by atoms with van der Waals surface area (Å²) in [6.07, 6.45) is 4.35. The van der Waals surface area contributed by atoms with Gasteiger partial charge in [0, 0.05) is 135 Å². The summed E-state index contributed by atoms with van der Waals surface area (Å²) in [7, 11) is -4.89. The average Bonchev–Trinajstić information content (AvgIpc) is 3.31. The maximum atomic E-state index is 13.8. The van der Waals surface area contributed by atoms with Crippen molar-refractivity contribution in [2.24, 2.45) is 0 Å². The summed E-state index contributed by atoms with van der Waals surface area (Å²) in [4.78, 5) is 98.0. The Kier molecular flexibility index (Phi) is 22.5. The van der Waals surface area contributed by atoms with Crippen molar-refractivity contribution in [3.63, 3.8) is 0 Å². The molecule has 1 aliphatic carbocycles. The fourth-order valence-electron chi connectivity index (χ4n) is 9.15. The van der Waals surface area contributed by atoms with E-state index in [2.05, 4.69) is 0 Å². The number of nitrogens with zero attached hydrogens (tertiary/aromatic N) is 8. The Hall–Kier alpha value is -6.46. The van der Waals surface area contributed by atoms with Crippen LogP contribution in [0.2, 0.25) is 0 Å². The molecule has 0 aromatic heterocycles. The van der Waals surface area contributed by atoms with Crippen LogP contribution in [0.25, 0.3) is 5.57 Å². The first-order valence-electron chi connectivity index (χ1n) is 24.2. The molecule has 0 saturated carbocycles. The number of rotatable bonds is 19. The van der Waals surface area contributed by atoms with Crippen LogP contribution in [-0.4, -0.2) is 280 Å². The third-order valence-corrected chi connectivity index (χ3v) is 13.9. The van der Waals surface area contributed by atoms with Gasteiger partial charge in [-0.25, -0.2) is 0 Å². The van der Waals surface area contributed by atoms with Crippen LogP contribution in [0.4, 0.5) is 0 Å². The van der Waals surface area contributed by atoms with Crippen molar-refractivity contribution in [1.82, 2.24) is 39.2 Å². The van der Waals surface area contributed by atoms with Crippen LogP contribution in [0, 0.1) is 0 Å². The summed E-state index contributed by atoms with van der Waals surface area (Å²) in [5.74, 6) is -7.19. The van der Waals surface area contributed by atoms with Gasteiger partial charge in [-0.3, -0.25) is 77.3 Å². The van der Waals surface area contributed by atoms with E-state index in [-0.39, 0.29) is 180 Å². The van der Waals surface area contributed by atoms with Crippen molar-refractivity contribution in [1.29, 1.82) is 0 Å². The normalized spacial score (nSPS) is 19.7. The minimum absolute atomic E-state index is 0.0228. The molecule has 0 amide bonds. The van der Waals surface area contributed by atoms with E-state index in [0.29, 0.717) is 16.7 Å². The van der Waals surface area contributed by atoms with Crippen LogP contribution in [0.1, 0.15) is 16.7 Å². The minimum atomic E-state index is -4.89. The lowest BCUT2D eigenvalue weighted by atomic mass is 9.88. The molecule has 8 N–H and O–H groups in total. The minimum Gasteiger partial charge on any atom is -0.508 e. The van der Waals surface area contributed by atoms with Crippen LogP contribution in [0.3, 0.4) is 0 Å². The van der Waals surface area contributed by atoms with Gasteiger partial charge in [0.15, 0.2) is 5.78 Å². The van der Waals surface area contributed by atoms with E-state index in [0.717, 1.165) is 0 Å². The van der Waals surface area contributed by atoms with Gasteiger partial charge < -0.3 is 35.7 Å². The van der Waals surface area contributed by atoms with Gasteiger partial charge in [0.25, 0.3) is 10.1 Å². The second kappa shape index (κ2) is 28.4. The standard InChI is InChI=1S/C49H66N8O17S/c58-40-7-5-35(25-37(40)27-50-9-13-52(29-43(60)61)17-21-56(33-47(68)69)22-18-53(14-10-50)30-44(62)63)49(39-3-1-2-4-42(39)75(72,73)74)36-6-8-41(59)38(26-36)28-51-11-15-54(31-45(64)65)19-23-57(34-48(70)71)24-20-55(16-12-51)32-46(66)67/h1-8,25-26,58H,9-24,27-34H2,(H,60,61)(H,62,63)(H,64,65)(H,66,67)(H,68,69)(H,70,71)(H,72,73,74)/b49-36+. The van der Waals surface area contributed by atoms with Gasteiger partial charge in [-0.05, 0) is 47.1 Å². The zero-order valence-corrected chi connectivity index (χ0v) is 42.3. The molecule has 5 rings (SSSR count). The number of ketones is 1. The number of phenols is 1. The molecular formula is C49H66N8O17S. The fraction of sp³-hybridized carbons (Fsp3) is 0.490. The monoisotopic (exact) mass is 1070 g/mol. The third kappa shape index (κ3) is 20.0. The van der Waals surface area contributed by atoms with Crippen LogP contribution < -0.4 is 0 Å². The molecule has 0 atom stereocenters. The largest absolute Gasteiger partial charge is 0.508 e. The summed E-state index contributed by atoms with van der Waals surface area (Å²) in [6, 6.07) is 10.2. The topological polar surface area (TPSA) is 341 Å². The highest BCUT2D eigenvalue weighted by molar-refractivity contribution is 7.86. The molecule has 0 bridgehead atoms. The number of hydrogen-bond acceptors (Lipinski definition) is 18. The van der Waals surface area contributed by atoms with Gasteiger partial charge in [-0.2, -0.15) is 8.42 Å². The van der Waals surface area contributed by atoms with E-state index < -0.39 is 56.6 Å². The number of carbonyl (C=O) groups is 7. The number of allylic oxidation sites excluding steroid dienone is 4. The number of carbonyl (C=O) groups excluding carboxylic acids is 1. The van der Waals surface area contributed by atoms with Crippen LogP contribution in [-0.2, 0) is 50.2 Å². The molecule has 2 fully saturated rings. The molecule has 2 aromatic carbocycles. The first-order valence-corrected chi connectivity index (χ1v) is 25.6. The number of carboxylic acid groups (broad SMARTS) is 6. The second-order valence-electron chi connectivity index (χ2n) is 18.6. The Morgan fingerprint density at radius 1 is 0.467 bits per heavy atom. The molecule has 2 heterocycles. The van der Waals surface area contributed by atoms with Gasteiger partial charge in [0.05, 0.1) is 39.3 Å². The van der Waals surface area contributed by atoms with E-state index in [1.165, 1.54) is 42.5 Å². The molecular weight excluding hydrogens is 1000 g/mol. The fourth-order valence-corrected chi connectivity index (χ4v) is 9.85. The molecule has 0 radical (unpaired) electrons. The molecule has 26 heteroatoms. The highest BCUT2D eigenvalue weighted by atomic mass is 32.2. The van der Waals surface area contributed by atoms with Crippen LogP contribution in [0.15, 0.2) is 76.7 Å². The van der Waals surface area contributed by atoms with Crippen molar-refractivity contribution < 1.29 is 82.3 Å². The Bertz CT molecular complexity index is 2550. The molecule has 3 aliphatic rings. The molecule has 2 aromatic rings. The van der Waals surface area contributed by atoms with Gasteiger partial charge >= 0.3 is 35.8 Å². The third-order valence-electron chi connectivity index (χ3n) is 13.0. The Balaban J connectivity index is 1.56. The predicted molar refractivity (Wildman–Crippen MR) is 269 cm³/mol. The number of aromatic hydroxyl groups is 1. The highest BCUT2D eigenvalue weighted by Gasteiger charge is 2.27. The molecule has 2 aliphatic heterocycles. The zero-order chi connectivity index (χ0) is 54.8. The highest BCUT2D eigenvalue weighted by Crippen LogP contribution is 2.36. The summed E-state index contributed by atoms with van der Waals surface area (Å²) in [5, 5.41) is 69.5. The predicted octanol–water partition coefficient (Wildman–Crippen LogP) is -1.04. The lowest BCUT2D eigenvalue weighted by Crippen LogP contribution is -2.48. The molecule has 25 nitrogen and oxygen atoms in total. The molecule has 0 unspecified atom stereocenters. The number of phenolic OH excluding ortho intramolecular Hbond substituents is 1. The van der Waals surface area contributed by atoms with E-state index in [4.69, 9.17) is 0 Å². The Labute approximate surface area is 433 Å². The number of carboxylic acids is 6. The van der Waals surface area contributed by atoms with Crippen molar-refractivity contribution in [2.75, 3.05) is 151 Å².